The third-order valence-corrected chi connectivity index (χ3v) is 6.30. The first-order valence-corrected chi connectivity index (χ1v) is 11.0. The molecule has 1 amide bonds. The summed E-state index contributed by atoms with van der Waals surface area (Å²) in [5, 5.41) is 2.08. The van der Waals surface area contributed by atoms with Crippen molar-refractivity contribution in [3.63, 3.8) is 0 Å². The molecular formula is C22H25N3O3S. The zero-order valence-electron chi connectivity index (χ0n) is 16.5. The summed E-state index contributed by atoms with van der Waals surface area (Å²) in [6.45, 7) is 3.49. The number of carbonyl (C=O) groups excluding carboxylic acids is 2. The van der Waals surface area contributed by atoms with Crippen LogP contribution in [-0.4, -0.2) is 45.9 Å². The number of nitrogens with zero attached hydrogens (tertiary/aromatic N) is 3. The molecule has 0 aliphatic carbocycles. The van der Waals surface area contributed by atoms with Gasteiger partial charge in [-0.05, 0) is 26.2 Å². The highest BCUT2D eigenvalue weighted by molar-refractivity contribution is 7.15. The van der Waals surface area contributed by atoms with E-state index in [0.29, 0.717) is 45.4 Å². The largest absolute Gasteiger partial charge is 0.466 e. The summed E-state index contributed by atoms with van der Waals surface area (Å²) >= 11 is 1.60. The molecular weight excluding hydrogens is 386 g/mol. The summed E-state index contributed by atoms with van der Waals surface area (Å²) in [7, 11) is 0. The maximum Gasteiger partial charge on any atom is 0.309 e. The summed E-state index contributed by atoms with van der Waals surface area (Å²) in [5.74, 6) is -0.0532. The number of benzene rings is 1. The number of imidazole rings is 1. The summed E-state index contributed by atoms with van der Waals surface area (Å²) in [6.07, 6.45) is 4.58. The van der Waals surface area contributed by atoms with Gasteiger partial charge in [0.15, 0.2) is 4.96 Å². The Morgan fingerprint density at radius 2 is 1.97 bits per heavy atom. The summed E-state index contributed by atoms with van der Waals surface area (Å²) in [6, 6.07) is 10.1. The number of piperidine rings is 1. The van der Waals surface area contributed by atoms with Crippen LogP contribution in [0.1, 0.15) is 31.9 Å². The third kappa shape index (κ3) is 4.34. The van der Waals surface area contributed by atoms with Crippen molar-refractivity contribution in [2.75, 3.05) is 19.7 Å². The van der Waals surface area contributed by atoms with Crippen LogP contribution in [0.3, 0.4) is 0 Å². The molecule has 152 valence electrons. The minimum Gasteiger partial charge on any atom is -0.466 e. The van der Waals surface area contributed by atoms with Gasteiger partial charge in [-0.2, -0.15) is 0 Å². The van der Waals surface area contributed by atoms with Crippen LogP contribution in [0.5, 0.6) is 0 Å². The van der Waals surface area contributed by atoms with Crippen molar-refractivity contribution < 1.29 is 14.3 Å². The van der Waals surface area contributed by atoms with Crippen molar-refractivity contribution in [3.8, 4) is 11.3 Å². The number of esters is 1. The molecule has 1 fully saturated rings. The molecule has 7 heteroatoms. The number of rotatable bonds is 6. The highest BCUT2D eigenvalue weighted by atomic mass is 32.1. The lowest BCUT2D eigenvalue weighted by molar-refractivity contribution is -0.151. The number of hydrogen-bond donors (Lipinski definition) is 0. The van der Waals surface area contributed by atoms with Crippen molar-refractivity contribution in [2.24, 2.45) is 5.92 Å². The molecule has 0 atom stereocenters. The molecule has 29 heavy (non-hydrogen) atoms. The van der Waals surface area contributed by atoms with Gasteiger partial charge >= 0.3 is 5.97 Å². The lowest BCUT2D eigenvalue weighted by Gasteiger charge is -2.31. The van der Waals surface area contributed by atoms with Crippen LogP contribution in [-0.2, 0) is 20.7 Å². The average Bonchev–Trinajstić information content (AvgIpc) is 3.34. The average molecular weight is 412 g/mol. The Bertz CT molecular complexity index is 987. The highest BCUT2D eigenvalue weighted by Crippen LogP contribution is 2.25. The molecule has 0 saturated carbocycles. The van der Waals surface area contributed by atoms with Gasteiger partial charge in [-0.3, -0.25) is 14.0 Å². The van der Waals surface area contributed by atoms with Crippen LogP contribution in [0.2, 0.25) is 0 Å². The molecule has 6 nitrogen and oxygen atoms in total. The number of amides is 1. The molecule has 0 radical (unpaired) electrons. The standard InChI is InChI=1S/C22H25N3O3S/c1-2-28-21(27)17-10-12-24(13-11-17)20(26)9-8-18-15-29-22-23-19(14-25(18)22)16-6-4-3-5-7-16/h3-7,14-15,17H,2,8-13H2,1H3. The first kappa shape index (κ1) is 19.6. The van der Waals surface area contributed by atoms with E-state index in [1.165, 1.54) is 0 Å². The first-order chi connectivity index (χ1) is 14.2. The Morgan fingerprint density at radius 3 is 2.69 bits per heavy atom. The number of hydrogen-bond acceptors (Lipinski definition) is 5. The summed E-state index contributed by atoms with van der Waals surface area (Å²) in [5.41, 5.74) is 3.15. The van der Waals surface area contributed by atoms with E-state index >= 15 is 0 Å². The number of aryl methyl sites for hydroxylation is 1. The van der Waals surface area contributed by atoms with E-state index in [-0.39, 0.29) is 17.8 Å². The van der Waals surface area contributed by atoms with Gasteiger partial charge in [-0.1, -0.05) is 30.3 Å². The van der Waals surface area contributed by atoms with Gasteiger partial charge in [0.05, 0.1) is 18.2 Å². The molecule has 0 spiro atoms. The molecule has 3 heterocycles. The first-order valence-electron chi connectivity index (χ1n) is 10.1. The minimum atomic E-state index is -0.130. The fraction of sp³-hybridized carbons (Fsp3) is 0.409. The molecule has 2 aromatic heterocycles. The monoisotopic (exact) mass is 411 g/mol. The van der Waals surface area contributed by atoms with Gasteiger partial charge in [0.1, 0.15) is 0 Å². The molecule has 0 N–H and O–H groups in total. The second kappa shape index (κ2) is 8.78. The van der Waals surface area contributed by atoms with Crippen LogP contribution in [0.4, 0.5) is 0 Å². The smallest absolute Gasteiger partial charge is 0.309 e. The molecule has 0 bridgehead atoms. The zero-order valence-corrected chi connectivity index (χ0v) is 17.4. The molecule has 1 aliphatic rings. The normalized spacial score (nSPS) is 15.0. The Labute approximate surface area is 174 Å². The predicted octanol–water partition coefficient (Wildman–Crippen LogP) is 3.80. The summed E-state index contributed by atoms with van der Waals surface area (Å²) < 4.78 is 7.19. The van der Waals surface area contributed by atoms with Gasteiger partial charge in [0, 0.05) is 42.3 Å². The fourth-order valence-corrected chi connectivity index (χ4v) is 4.68. The SMILES string of the molecule is CCOC(=O)C1CCN(C(=O)CCc2csc3nc(-c4ccccc4)cn23)CC1. The van der Waals surface area contributed by atoms with Crippen molar-refractivity contribution in [1.29, 1.82) is 0 Å². The van der Waals surface area contributed by atoms with Gasteiger partial charge in [-0.15, -0.1) is 11.3 Å². The second-order valence-corrected chi connectivity index (χ2v) is 8.12. The van der Waals surface area contributed by atoms with Crippen molar-refractivity contribution >= 4 is 28.2 Å². The van der Waals surface area contributed by atoms with Gasteiger partial charge in [-0.25, -0.2) is 4.98 Å². The van der Waals surface area contributed by atoms with Crippen molar-refractivity contribution in [2.45, 2.75) is 32.6 Å². The summed E-state index contributed by atoms with van der Waals surface area (Å²) in [4.78, 5) is 32.0. The Balaban J connectivity index is 1.35. The third-order valence-electron chi connectivity index (χ3n) is 5.42. The van der Waals surface area contributed by atoms with E-state index in [0.717, 1.165) is 21.9 Å². The highest BCUT2D eigenvalue weighted by Gasteiger charge is 2.28. The Hall–Kier alpha value is -2.67. The Kier molecular flexibility index (Phi) is 5.94. The molecule has 0 unspecified atom stereocenters. The lowest BCUT2D eigenvalue weighted by Crippen LogP contribution is -2.40. The molecule has 1 aliphatic heterocycles. The van der Waals surface area contributed by atoms with Gasteiger partial charge in [0.2, 0.25) is 5.91 Å². The number of carbonyl (C=O) groups is 2. The predicted molar refractivity (Wildman–Crippen MR) is 113 cm³/mol. The molecule has 4 rings (SSSR count). The maximum absolute atomic E-state index is 12.6. The van der Waals surface area contributed by atoms with Crippen molar-refractivity contribution in [3.05, 3.63) is 47.6 Å². The van der Waals surface area contributed by atoms with Crippen LogP contribution in [0.15, 0.2) is 41.9 Å². The van der Waals surface area contributed by atoms with E-state index in [9.17, 15) is 9.59 Å². The van der Waals surface area contributed by atoms with Gasteiger partial charge in [0.25, 0.3) is 0 Å². The number of fused-ring (bicyclic) bond motifs is 1. The quantitative estimate of drug-likeness (QED) is 0.579. The van der Waals surface area contributed by atoms with Crippen LogP contribution in [0, 0.1) is 5.92 Å². The molecule has 3 aromatic rings. The lowest BCUT2D eigenvalue weighted by atomic mass is 9.96. The number of thiazole rings is 1. The van der Waals surface area contributed by atoms with E-state index < -0.39 is 0 Å². The Morgan fingerprint density at radius 1 is 1.21 bits per heavy atom. The number of likely N-dealkylation sites (tertiary alicyclic amines) is 1. The van der Waals surface area contributed by atoms with E-state index in [2.05, 4.69) is 21.9 Å². The number of ether oxygens (including phenoxy) is 1. The van der Waals surface area contributed by atoms with Crippen LogP contribution >= 0.6 is 11.3 Å². The minimum absolute atomic E-state index is 0.0714. The van der Waals surface area contributed by atoms with E-state index in [1.807, 2.05) is 36.2 Å². The number of aromatic nitrogens is 2. The maximum atomic E-state index is 12.6. The molecule has 1 aromatic carbocycles. The van der Waals surface area contributed by atoms with E-state index in [1.54, 1.807) is 11.3 Å². The van der Waals surface area contributed by atoms with Crippen LogP contribution in [0.25, 0.3) is 16.2 Å². The zero-order chi connectivity index (χ0) is 20.2. The topological polar surface area (TPSA) is 63.9 Å². The van der Waals surface area contributed by atoms with E-state index in [4.69, 9.17) is 9.72 Å². The fourth-order valence-electron chi connectivity index (χ4n) is 3.77. The second-order valence-electron chi connectivity index (χ2n) is 7.28. The van der Waals surface area contributed by atoms with Crippen LogP contribution < -0.4 is 0 Å². The van der Waals surface area contributed by atoms with Gasteiger partial charge < -0.3 is 9.64 Å². The molecule has 1 saturated heterocycles. The van der Waals surface area contributed by atoms with Crippen molar-refractivity contribution in [1.82, 2.24) is 14.3 Å².